The summed E-state index contributed by atoms with van der Waals surface area (Å²) in [4.78, 5) is 46.7. The normalized spacial score (nSPS) is 10.6. The number of H-pyrrole nitrogens is 1. The van der Waals surface area contributed by atoms with Crippen molar-refractivity contribution in [1.29, 1.82) is 0 Å². The predicted molar refractivity (Wildman–Crippen MR) is 72.1 cm³/mol. The minimum absolute atomic E-state index is 0.0640. The summed E-state index contributed by atoms with van der Waals surface area (Å²) in [6, 6.07) is 1.50. The van der Waals surface area contributed by atoms with Gasteiger partial charge >= 0.3 is 22.8 Å². The number of carbonyl (C=O) groups excluding carboxylic acids is 1. The maximum Gasteiger partial charge on any atom is 0.326 e. The van der Waals surface area contributed by atoms with Crippen LogP contribution >= 0.6 is 0 Å². The first-order chi connectivity index (χ1) is 10.3. The van der Waals surface area contributed by atoms with Gasteiger partial charge in [-0.3, -0.25) is 29.1 Å². The molecular weight excluding hydrogens is 301 g/mol. The van der Waals surface area contributed by atoms with Crippen LogP contribution in [-0.2, 0) is 16.1 Å². The summed E-state index contributed by atoms with van der Waals surface area (Å²) in [6.07, 6.45) is 0. The molecule has 0 unspecified atom stereocenters. The monoisotopic (exact) mass is 311 g/mol. The molecule has 0 saturated heterocycles. The van der Waals surface area contributed by atoms with Crippen molar-refractivity contribution in [3.05, 3.63) is 48.8 Å². The highest BCUT2D eigenvalue weighted by Gasteiger charge is 2.19. The van der Waals surface area contributed by atoms with E-state index in [-0.39, 0.29) is 17.6 Å². The number of aromatic amines is 1. The Morgan fingerprint density at radius 2 is 2.14 bits per heavy atom. The molecule has 0 spiro atoms. The number of benzene rings is 1. The fraction of sp³-hybridized carbons (Fsp3) is 0.250. The lowest BCUT2D eigenvalue weighted by molar-refractivity contribution is -0.387. The fourth-order valence-corrected chi connectivity index (χ4v) is 1.92. The van der Waals surface area contributed by atoms with E-state index < -0.39 is 40.1 Å². The molecule has 0 fully saturated rings. The highest BCUT2D eigenvalue weighted by atomic mass is 19.1. The van der Waals surface area contributed by atoms with Gasteiger partial charge in [-0.25, -0.2) is 0 Å². The lowest BCUT2D eigenvalue weighted by atomic mass is 10.2. The van der Waals surface area contributed by atoms with E-state index in [1.165, 1.54) is 0 Å². The van der Waals surface area contributed by atoms with Gasteiger partial charge in [0.2, 0.25) is 5.82 Å². The van der Waals surface area contributed by atoms with Gasteiger partial charge in [-0.05, 0) is 6.92 Å². The SMILES string of the molecule is CCOC(=O)Cn1c(=O)c(=O)[nH]c2cc([N+](=O)[O-])c(F)cc21. The second kappa shape index (κ2) is 5.76. The minimum atomic E-state index is -1.19. The number of ether oxygens (including phenoxy) is 1. The van der Waals surface area contributed by atoms with Gasteiger partial charge in [0.15, 0.2) is 0 Å². The van der Waals surface area contributed by atoms with Crippen molar-refractivity contribution in [3.8, 4) is 0 Å². The Balaban J connectivity index is 2.74. The highest BCUT2D eigenvalue weighted by molar-refractivity contribution is 5.79. The molecule has 22 heavy (non-hydrogen) atoms. The van der Waals surface area contributed by atoms with Crippen LogP contribution in [0.4, 0.5) is 10.1 Å². The molecule has 1 aromatic carbocycles. The Morgan fingerprint density at radius 1 is 1.45 bits per heavy atom. The number of nitro groups is 1. The van der Waals surface area contributed by atoms with Gasteiger partial charge in [0.25, 0.3) is 0 Å². The number of carbonyl (C=O) groups is 1. The second-order valence-corrected chi connectivity index (χ2v) is 4.23. The summed E-state index contributed by atoms with van der Waals surface area (Å²) in [5, 5.41) is 10.7. The quantitative estimate of drug-likeness (QED) is 0.375. The number of nitro benzene ring substituents is 1. The van der Waals surface area contributed by atoms with Crippen molar-refractivity contribution < 1.29 is 18.8 Å². The number of esters is 1. The second-order valence-electron chi connectivity index (χ2n) is 4.23. The molecule has 10 heteroatoms. The molecule has 0 radical (unpaired) electrons. The van der Waals surface area contributed by atoms with Gasteiger partial charge in [0.1, 0.15) is 6.54 Å². The lowest BCUT2D eigenvalue weighted by Gasteiger charge is -2.09. The van der Waals surface area contributed by atoms with E-state index in [9.17, 15) is 28.9 Å². The molecule has 1 N–H and O–H groups in total. The van der Waals surface area contributed by atoms with Gasteiger partial charge in [0, 0.05) is 12.1 Å². The van der Waals surface area contributed by atoms with Crippen molar-refractivity contribution >= 4 is 22.7 Å². The van der Waals surface area contributed by atoms with Gasteiger partial charge in [-0.1, -0.05) is 0 Å². The number of nitrogens with zero attached hydrogens (tertiary/aromatic N) is 2. The number of hydrogen-bond donors (Lipinski definition) is 1. The molecule has 2 rings (SSSR count). The highest BCUT2D eigenvalue weighted by Crippen LogP contribution is 2.22. The molecule has 0 aliphatic rings. The predicted octanol–water partition coefficient (Wildman–Crippen LogP) is 0.300. The molecule has 0 aliphatic heterocycles. The molecule has 0 saturated carbocycles. The zero-order valence-electron chi connectivity index (χ0n) is 11.3. The molecule has 0 amide bonds. The summed E-state index contributed by atoms with van der Waals surface area (Å²) < 4.78 is 19.1. The summed E-state index contributed by atoms with van der Waals surface area (Å²) in [7, 11) is 0. The number of rotatable bonds is 4. The van der Waals surface area contributed by atoms with Crippen LogP contribution in [0.1, 0.15) is 6.92 Å². The molecule has 1 heterocycles. The Labute approximate surface area is 121 Å². The van der Waals surface area contributed by atoms with E-state index >= 15 is 0 Å². The zero-order chi connectivity index (χ0) is 16.4. The lowest BCUT2D eigenvalue weighted by Crippen LogP contribution is -2.38. The number of hydrogen-bond acceptors (Lipinski definition) is 6. The largest absolute Gasteiger partial charge is 0.465 e. The molecule has 0 aliphatic carbocycles. The standard InChI is InChI=1S/C12H10FN3O6/c1-2-22-10(17)5-15-9-3-6(13)8(16(20)21)4-7(9)14-11(18)12(15)19/h3-4H,2,5H2,1H3,(H,14,18). The van der Waals surface area contributed by atoms with E-state index in [1.807, 2.05) is 0 Å². The Kier molecular flexibility index (Phi) is 4.02. The summed E-state index contributed by atoms with van der Waals surface area (Å²) >= 11 is 0. The fourth-order valence-electron chi connectivity index (χ4n) is 1.92. The van der Waals surface area contributed by atoms with Crippen molar-refractivity contribution in [2.75, 3.05) is 6.61 Å². The maximum atomic E-state index is 13.7. The molecular formula is C12H10FN3O6. The summed E-state index contributed by atoms with van der Waals surface area (Å²) in [5.41, 5.74) is -3.32. The van der Waals surface area contributed by atoms with Crippen LogP contribution in [0.3, 0.4) is 0 Å². The average molecular weight is 311 g/mol. The van der Waals surface area contributed by atoms with Crippen LogP contribution in [0.2, 0.25) is 0 Å². The van der Waals surface area contributed by atoms with E-state index in [4.69, 9.17) is 0 Å². The first kappa shape index (κ1) is 15.4. The Morgan fingerprint density at radius 3 is 2.73 bits per heavy atom. The van der Waals surface area contributed by atoms with Crippen LogP contribution in [0.25, 0.3) is 11.0 Å². The van der Waals surface area contributed by atoms with E-state index in [0.717, 1.165) is 6.07 Å². The van der Waals surface area contributed by atoms with Crippen LogP contribution in [0, 0.1) is 15.9 Å². The van der Waals surface area contributed by atoms with Crippen LogP contribution in [0.5, 0.6) is 0 Å². The van der Waals surface area contributed by atoms with Gasteiger partial charge in [0.05, 0.1) is 22.6 Å². The summed E-state index contributed by atoms with van der Waals surface area (Å²) in [6.45, 7) is 1.01. The number of halogens is 1. The van der Waals surface area contributed by atoms with Gasteiger partial charge in [-0.2, -0.15) is 4.39 Å². The van der Waals surface area contributed by atoms with Crippen LogP contribution < -0.4 is 11.1 Å². The first-order valence-corrected chi connectivity index (χ1v) is 6.11. The minimum Gasteiger partial charge on any atom is -0.465 e. The van der Waals surface area contributed by atoms with Gasteiger partial charge < -0.3 is 9.72 Å². The first-order valence-electron chi connectivity index (χ1n) is 6.11. The molecule has 0 atom stereocenters. The maximum absolute atomic E-state index is 13.7. The van der Waals surface area contributed by atoms with Crippen molar-refractivity contribution in [2.24, 2.45) is 0 Å². The van der Waals surface area contributed by atoms with Gasteiger partial charge in [-0.15, -0.1) is 0 Å². The molecule has 0 bridgehead atoms. The third kappa shape index (κ3) is 2.71. The molecule has 9 nitrogen and oxygen atoms in total. The number of aromatic nitrogens is 2. The Hall–Kier alpha value is -3.04. The summed E-state index contributed by atoms with van der Waals surface area (Å²) in [5.74, 6) is -1.99. The molecule has 1 aromatic heterocycles. The molecule has 2 aromatic rings. The Bertz CT molecular complexity index is 885. The van der Waals surface area contributed by atoms with Crippen molar-refractivity contribution in [3.63, 3.8) is 0 Å². The van der Waals surface area contributed by atoms with E-state index in [1.54, 1.807) is 6.92 Å². The van der Waals surface area contributed by atoms with Crippen LogP contribution in [0.15, 0.2) is 21.7 Å². The van der Waals surface area contributed by atoms with Crippen molar-refractivity contribution in [2.45, 2.75) is 13.5 Å². The number of nitrogens with one attached hydrogen (secondary N) is 1. The third-order valence-corrected chi connectivity index (χ3v) is 2.83. The average Bonchev–Trinajstić information content (AvgIpc) is 2.44. The van der Waals surface area contributed by atoms with Crippen LogP contribution in [-0.4, -0.2) is 27.1 Å². The van der Waals surface area contributed by atoms with Crippen molar-refractivity contribution in [1.82, 2.24) is 9.55 Å². The zero-order valence-corrected chi connectivity index (χ0v) is 11.3. The molecule has 116 valence electrons. The number of fused-ring (bicyclic) bond motifs is 1. The van der Waals surface area contributed by atoms with E-state index in [0.29, 0.717) is 10.6 Å². The smallest absolute Gasteiger partial charge is 0.326 e. The third-order valence-electron chi connectivity index (χ3n) is 2.83. The van der Waals surface area contributed by atoms with E-state index in [2.05, 4.69) is 9.72 Å². The topological polar surface area (TPSA) is 124 Å².